The van der Waals surface area contributed by atoms with Crippen LogP contribution in [0.5, 0.6) is 0 Å². The standard InChI is InChI=1S/C19H19ClN2O2/c1-13-3-2-4-14(11-13)12-21-18(23)17-9-10-22(19(17)24)16-7-5-15(20)6-8-16/h2-8,11,17H,9-10,12H2,1H3,(H,21,23)/t17-/m1/s1. The summed E-state index contributed by atoms with van der Waals surface area (Å²) in [5, 5.41) is 3.50. The summed E-state index contributed by atoms with van der Waals surface area (Å²) >= 11 is 5.88. The summed E-state index contributed by atoms with van der Waals surface area (Å²) in [6.07, 6.45) is 0.529. The zero-order valence-electron chi connectivity index (χ0n) is 13.5. The second-order valence-corrected chi connectivity index (χ2v) is 6.45. The van der Waals surface area contributed by atoms with E-state index in [1.807, 2.05) is 31.2 Å². The Morgan fingerprint density at radius 3 is 2.71 bits per heavy atom. The van der Waals surface area contributed by atoms with Crippen molar-refractivity contribution in [3.05, 3.63) is 64.7 Å². The molecular formula is C19H19ClN2O2. The van der Waals surface area contributed by atoms with Crippen LogP contribution < -0.4 is 10.2 Å². The monoisotopic (exact) mass is 342 g/mol. The lowest BCUT2D eigenvalue weighted by Crippen LogP contribution is -2.36. The number of nitrogens with one attached hydrogen (secondary N) is 1. The molecule has 1 N–H and O–H groups in total. The number of carbonyl (C=O) groups is 2. The van der Waals surface area contributed by atoms with Crippen LogP contribution >= 0.6 is 11.6 Å². The maximum absolute atomic E-state index is 12.5. The zero-order chi connectivity index (χ0) is 17.1. The Labute approximate surface area is 146 Å². The summed E-state index contributed by atoms with van der Waals surface area (Å²) in [5.74, 6) is -0.984. The molecule has 2 aromatic carbocycles. The number of amides is 2. The highest BCUT2D eigenvalue weighted by Gasteiger charge is 2.37. The lowest BCUT2D eigenvalue weighted by atomic mass is 10.1. The lowest BCUT2D eigenvalue weighted by Gasteiger charge is -2.17. The number of hydrogen-bond donors (Lipinski definition) is 1. The first kappa shape index (κ1) is 16.5. The van der Waals surface area contributed by atoms with Crippen LogP contribution in [0.1, 0.15) is 17.5 Å². The van der Waals surface area contributed by atoms with Gasteiger partial charge in [-0.1, -0.05) is 41.4 Å². The molecule has 0 aliphatic carbocycles. The first-order valence-corrected chi connectivity index (χ1v) is 8.32. The van der Waals surface area contributed by atoms with Crippen molar-refractivity contribution in [2.45, 2.75) is 19.9 Å². The van der Waals surface area contributed by atoms with Crippen molar-refractivity contribution in [2.24, 2.45) is 5.92 Å². The molecule has 0 spiro atoms. The van der Waals surface area contributed by atoms with Gasteiger partial charge in [0.15, 0.2) is 0 Å². The highest BCUT2D eigenvalue weighted by atomic mass is 35.5. The van der Waals surface area contributed by atoms with Crippen LogP contribution in [-0.4, -0.2) is 18.4 Å². The number of halogens is 1. The Hall–Kier alpha value is -2.33. The van der Waals surface area contributed by atoms with Crippen molar-refractivity contribution in [1.82, 2.24) is 5.32 Å². The van der Waals surface area contributed by atoms with Gasteiger partial charge in [-0.05, 0) is 43.2 Å². The van der Waals surface area contributed by atoms with E-state index < -0.39 is 5.92 Å². The van der Waals surface area contributed by atoms with E-state index in [-0.39, 0.29) is 11.8 Å². The Bertz CT molecular complexity index is 758. The number of anilines is 1. The fourth-order valence-corrected chi connectivity index (χ4v) is 3.06. The van der Waals surface area contributed by atoms with Gasteiger partial charge in [0.25, 0.3) is 0 Å². The van der Waals surface area contributed by atoms with Crippen molar-refractivity contribution < 1.29 is 9.59 Å². The second kappa shape index (κ2) is 7.05. The summed E-state index contributed by atoms with van der Waals surface area (Å²) in [4.78, 5) is 26.5. The summed E-state index contributed by atoms with van der Waals surface area (Å²) in [5.41, 5.74) is 2.95. The molecule has 0 unspecified atom stereocenters. The minimum Gasteiger partial charge on any atom is -0.351 e. The number of hydrogen-bond acceptors (Lipinski definition) is 2. The van der Waals surface area contributed by atoms with Crippen LogP contribution in [0.2, 0.25) is 5.02 Å². The normalized spacial score (nSPS) is 17.2. The molecule has 0 radical (unpaired) electrons. The average Bonchev–Trinajstić information content (AvgIpc) is 2.95. The van der Waals surface area contributed by atoms with E-state index in [9.17, 15) is 9.59 Å². The molecule has 1 heterocycles. The molecule has 1 aliphatic heterocycles. The Morgan fingerprint density at radius 2 is 2.00 bits per heavy atom. The van der Waals surface area contributed by atoms with E-state index in [4.69, 9.17) is 11.6 Å². The number of nitrogens with zero attached hydrogens (tertiary/aromatic N) is 1. The zero-order valence-corrected chi connectivity index (χ0v) is 14.2. The molecule has 1 aliphatic rings. The van der Waals surface area contributed by atoms with Gasteiger partial charge in [-0.3, -0.25) is 9.59 Å². The van der Waals surface area contributed by atoms with Gasteiger partial charge in [0, 0.05) is 23.8 Å². The molecule has 0 aromatic heterocycles. The van der Waals surface area contributed by atoms with E-state index in [0.717, 1.165) is 16.8 Å². The molecule has 0 saturated carbocycles. The summed E-state index contributed by atoms with van der Waals surface area (Å²) < 4.78 is 0. The highest BCUT2D eigenvalue weighted by molar-refractivity contribution is 6.30. The molecule has 2 aromatic rings. The highest BCUT2D eigenvalue weighted by Crippen LogP contribution is 2.26. The van der Waals surface area contributed by atoms with Crippen LogP contribution in [0.4, 0.5) is 5.69 Å². The Balaban J connectivity index is 1.62. The van der Waals surface area contributed by atoms with Crippen molar-refractivity contribution in [3.63, 3.8) is 0 Å². The molecule has 1 saturated heterocycles. The van der Waals surface area contributed by atoms with Crippen LogP contribution in [0, 0.1) is 12.8 Å². The van der Waals surface area contributed by atoms with Crippen molar-refractivity contribution >= 4 is 29.1 Å². The molecule has 5 heteroatoms. The maximum Gasteiger partial charge on any atom is 0.239 e. The largest absolute Gasteiger partial charge is 0.351 e. The van der Waals surface area contributed by atoms with E-state index in [2.05, 4.69) is 5.32 Å². The molecule has 3 rings (SSSR count). The SMILES string of the molecule is Cc1cccc(CNC(=O)[C@H]2CCN(c3ccc(Cl)cc3)C2=O)c1. The van der Waals surface area contributed by atoms with E-state index in [1.165, 1.54) is 0 Å². The summed E-state index contributed by atoms with van der Waals surface area (Å²) in [6.45, 7) is 2.99. The fourth-order valence-electron chi connectivity index (χ4n) is 2.94. The average molecular weight is 343 g/mol. The van der Waals surface area contributed by atoms with Gasteiger partial charge in [-0.25, -0.2) is 0 Å². The molecule has 0 bridgehead atoms. The number of carbonyl (C=O) groups excluding carboxylic acids is 2. The van der Waals surface area contributed by atoms with Crippen molar-refractivity contribution in [2.75, 3.05) is 11.4 Å². The number of aryl methyl sites for hydroxylation is 1. The Kier molecular flexibility index (Phi) is 4.86. The number of rotatable bonds is 4. The minimum absolute atomic E-state index is 0.154. The van der Waals surface area contributed by atoms with Gasteiger partial charge in [0.1, 0.15) is 5.92 Å². The van der Waals surface area contributed by atoms with E-state index in [1.54, 1.807) is 29.2 Å². The lowest BCUT2D eigenvalue weighted by molar-refractivity contribution is -0.132. The minimum atomic E-state index is -0.620. The van der Waals surface area contributed by atoms with Crippen LogP contribution in [0.25, 0.3) is 0 Å². The fraction of sp³-hybridized carbons (Fsp3) is 0.263. The van der Waals surface area contributed by atoms with Crippen molar-refractivity contribution in [1.29, 1.82) is 0 Å². The summed E-state index contributed by atoms with van der Waals surface area (Å²) in [7, 11) is 0. The maximum atomic E-state index is 12.5. The van der Waals surface area contributed by atoms with Gasteiger partial charge in [-0.2, -0.15) is 0 Å². The predicted octanol–water partition coefficient (Wildman–Crippen LogP) is 3.32. The third kappa shape index (κ3) is 3.60. The smallest absolute Gasteiger partial charge is 0.239 e. The number of benzene rings is 2. The van der Waals surface area contributed by atoms with Crippen LogP contribution in [-0.2, 0) is 16.1 Å². The third-order valence-electron chi connectivity index (χ3n) is 4.21. The van der Waals surface area contributed by atoms with Crippen molar-refractivity contribution in [3.8, 4) is 0 Å². The topological polar surface area (TPSA) is 49.4 Å². The van der Waals surface area contributed by atoms with Gasteiger partial charge < -0.3 is 10.2 Å². The van der Waals surface area contributed by atoms with Crippen LogP contribution in [0.15, 0.2) is 48.5 Å². The molecule has 1 atom stereocenters. The third-order valence-corrected chi connectivity index (χ3v) is 4.46. The molecule has 1 fully saturated rings. The predicted molar refractivity (Wildman–Crippen MR) is 94.9 cm³/mol. The first-order valence-electron chi connectivity index (χ1n) is 7.95. The van der Waals surface area contributed by atoms with Gasteiger partial charge >= 0.3 is 0 Å². The van der Waals surface area contributed by atoms with Gasteiger partial charge in [0.05, 0.1) is 0 Å². The second-order valence-electron chi connectivity index (χ2n) is 6.01. The van der Waals surface area contributed by atoms with E-state index >= 15 is 0 Å². The molecular weight excluding hydrogens is 324 g/mol. The quantitative estimate of drug-likeness (QED) is 0.866. The van der Waals surface area contributed by atoms with Gasteiger partial charge in [0.2, 0.25) is 11.8 Å². The molecule has 4 nitrogen and oxygen atoms in total. The summed E-state index contributed by atoms with van der Waals surface area (Å²) in [6, 6.07) is 15.0. The van der Waals surface area contributed by atoms with Gasteiger partial charge in [-0.15, -0.1) is 0 Å². The Morgan fingerprint density at radius 1 is 1.25 bits per heavy atom. The first-order chi connectivity index (χ1) is 11.5. The molecule has 24 heavy (non-hydrogen) atoms. The molecule has 2 amide bonds. The molecule has 124 valence electrons. The van der Waals surface area contributed by atoms with E-state index in [0.29, 0.717) is 24.5 Å². The van der Waals surface area contributed by atoms with Crippen LogP contribution in [0.3, 0.4) is 0 Å².